The normalized spacial score (nSPS) is 21.1. The van der Waals surface area contributed by atoms with Crippen LogP contribution in [0, 0.1) is 12.8 Å². The van der Waals surface area contributed by atoms with Crippen molar-refractivity contribution < 1.29 is 19.4 Å². The number of nitrogens with two attached hydrogens (primary N) is 1. The van der Waals surface area contributed by atoms with Crippen molar-refractivity contribution in [2.45, 2.75) is 57.8 Å². The lowest BCUT2D eigenvalue weighted by molar-refractivity contribution is -0.0647. The predicted molar refractivity (Wildman–Crippen MR) is 150 cm³/mol. The molecule has 2 heterocycles. The van der Waals surface area contributed by atoms with Gasteiger partial charge in [0.15, 0.2) is 0 Å². The molecule has 0 bridgehead atoms. The van der Waals surface area contributed by atoms with Gasteiger partial charge in [-0.05, 0) is 86.1 Å². The molecule has 1 fully saturated rings. The van der Waals surface area contributed by atoms with Crippen LogP contribution in [0.1, 0.15) is 49.0 Å². The molecule has 2 aliphatic heterocycles. The molecule has 202 valence electrons. The number of benzene rings is 3. The van der Waals surface area contributed by atoms with Crippen molar-refractivity contribution >= 4 is 16.9 Å². The van der Waals surface area contributed by atoms with Crippen molar-refractivity contribution in [3.05, 3.63) is 71.3 Å². The number of carbonyl (C=O) groups is 1. The lowest BCUT2D eigenvalue weighted by atomic mass is 9.83. The quantitative estimate of drug-likeness (QED) is 0.405. The van der Waals surface area contributed by atoms with Crippen molar-refractivity contribution in [2.24, 2.45) is 11.7 Å². The number of phenols is 1. The third-order valence-corrected chi connectivity index (χ3v) is 8.16. The molecular weight excluding hydrogens is 478 g/mol. The first-order valence-electron chi connectivity index (χ1n) is 13.8. The van der Waals surface area contributed by atoms with Gasteiger partial charge in [0.2, 0.25) is 0 Å². The first-order valence-corrected chi connectivity index (χ1v) is 13.8. The fraction of sp³-hybridized carbons (Fsp3) is 0.452. The summed E-state index contributed by atoms with van der Waals surface area (Å²) in [5, 5.41) is 15.8. The van der Waals surface area contributed by atoms with E-state index in [1.807, 2.05) is 68.4 Å². The number of amides is 1. The van der Waals surface area contributed by atoms with Crippen molar-refractivity contribution in [1.82, 2.24) is 10.2 Å². The minimum atomic E-state index is -0.422. The summed E-state index contributed by atoms with van der Waals surface area (Å²) in [5.41, 5.74) is 8.98. The minimum Gasteiger partial charge on any atom is -0.507 e. The summed E-state index contributed by atoms with van der Waals surface area (Å²) in [5.74, 6) is 1.39. The number of hydrogen-bond donors (Lipinski definition) is 3. The van der Waals surface area contributed by atoms with E-state index in [1.165, 1.54) is 0 Å². The predicted octanol–water partition coefficient (Wildman–Crippen LogP) is 5.07. The number of piperidine rings is 1. The van der Waals surface area contributed by atoms with Crippen molar-refractivity contribution in [3.8, 4) is 11.5 Å². The number of nitrogens with zero attached hydrogens (tertiary/aromatic N) is 1. The Bertz CT molecular complexity index is 1270. The first-order chi connectivity index (χ1) is 18.4. The van der Waals surface area contributed by atoms with E-state index in [0.29, 0.717) is 24.0 Å². The van der Waals surface area contributed by atoms with Gasteiger partial charge in [-0.2, -0.15) is 0 Å². The number of phenolic OH excluding ortho intramolecular Hbond substituents is 1. The summed E-state index contributed by atoms with van der Waals surface area (Å²) in [6, 6.07) is 17.7. The third kappa shape index (κ3) is 5.96. The van der Waals surface area contributed by atoms with E-state index >= 15 is 0 Å². The second-order valence-corrected chi connectivity index (χ2v) is 10.8. The van der Waals surface area contributed by atoms with Crippen LogP contribution in [-0.4, -0.2) is 54.4 Å². The van der Waals surface area contributed by atoms with Gasteiger partial charge >= 0.3 is 6.09 Å². The molecule has 3 aromatic rings. The molecule has 38 heavy (non-hydrogen) atoms. The number of hydrogen-bond acceptors (Lipinski definition) is 6. The van der Waals surface area contributed by atoms with Crippen molar-refractivity contribution in [2.75, 3.05) is 26.2 Å². The molecule has 1 amide bonds. The number of carbonyl (C=O) groups excluding carboxylic acids is 1. The summed E-state index contributed by atoms with van der Waals surface area (Å²) in [4.78, 5) is 14.9. The molecule has 0 spiro atoms. The zero-order chi connectivity index (χ0) is 26.6. The third-order valence-electron chi connectivity index (χ3n) is 8.16. The van der Waals surface area contributed by atoms with Gasteiger partial charge in [-0.1, -0.05) is 42.5 Å². The van der Waals surface area contributed by atoms with Gasteiger partial charge in [-0.15, -0.1) is 0 Å². The molecular formula is C31H39N3O4. The van der Waals surface area contributed by atoms with Crippen LogP contribution in [0.4, 0.5) is 4.79 Å². The van der Waals surface area contributed by atoms with E-state index in [0.717, 1.165) is 72.8 Å². The van der Waals surface area contributed by atoms with E-state index in [1.54, 1.807) is 0 Å². The largest absolute Gasteiger partial charge is 0.507 e. The number of aryl methyl sites for hydroxylation is 1. The van der Waals surface area contributed by atoms with Gasteiger partial charge in [0.25, 0.3) is 0 Å². The number of nitrogens with one attached hydrogen (secondary N) is 1. The number of likely N-dealkylation sites (tertiary alicyclic amines) is 1. The van der Waals surface area contributed by atoms with E-state index in [4.69, 9.17) is 15.2 Å². The Hall–Kier alpha value is -3.13. The van der Waals surface area contributed by atoms with Gasteiger partial charge in [0.05, 0.1) is 12.2 Å². The summed E-state index contributed by atoms with van der Waals surface area (Å²) in [6.07, 6.45) is 3.20. The van der Waals surface area contributed by atoms with Gasteiger partial charge < -0.3 is 30.5 Å². The summed E-state index contributed by atoms with van der Waals surface area (Å²) in [6.45, 7) is 7.29. The maximum Gasteiger partial charge on any atom is 0.412 e. The highest BCUT2D eigenvalue weighted by atomic mass is 16.6. The van der Waals surface area contributed by atoms with Gasteiger partial charge in [-0.3, -0.25) is 0 Å². The Morgan fingerprint density at radius 1 is 1.16 bits per heavy atom. The molecule has 0 aliphatic carbocycles. The van der Waals surface area contributed by atoms with Crippen LogP contribution >= 0.6 is 0 Å². The van der Waals surface area contributed by atoms with Gasteiger partial charge in [0, 0.05) is 31.1 Å². The smallest absolute Gasteiger partial charge is 0.412 e. The molecule has 5 rings (SSSR count). The Balaban J connectivity index is 1.07. The van der Waals surface area contributed by atoms with Crippen LogP contribution in [0.2, 0.25) is 0 Å². The van der Waals surface area contributed by atoms with E-state index in [9.17, 15) is 9.90 Å². The zero-order valence-electron chi connectivity index (χ0n) is 22.4. The van der Waals surface area contributed by atoms with Crippen LogP contribution in [0.15, 0.2) is 54.6 Å². The second kappa shape index (κ2) is 11.7. The van der Waals surface area contributed by atoms with Crippen LogP contribution in [-0.2, 0) is 11.2 Å². The van der Waals surface area contributed by atoms with E-state index < -0.39 is 6.09 Å². The lowest BCUT2D eigenvalue weighted by Crippen LogP contribution is -2.43. The molecule has 1 unspecified atom stereocenters. The zero-order valence-corrected chi connectivity index (χ0v) is 22.4. The SMILES string of the molecule is Cc1ccc2c(c1O)C[C@@H](C1CCN(CCC(C)NC(=O)Oc3ccc4ccccc4c3)CC1)O[C@H]2CN. The average Bonchev–Trinajstić information content (AvgIpc) is 2.93. The maximum atomic E-state index is 12.4. The summed E-state index contributed by atoms with van der Waals surface area (Å²) < 4.78 is 12.0. The standard InChI is InChI=1S/C31H39N3O4/c1-20-7-10-26-27(30(20)35)18-28(38-29(26)19-32)23-12-15-34(16-13-23)14-11-21(2)33-31(36)37-25-9-8-22-5-3-4-6-24(22)17-25/h3-10,17,21,23,28-29,35H,11-16,18-19,32H2,1-2H3,(H,33,36)/t21?,28-,29-/m0/s1. The molecule has 3 atom stereocenters. The van der Waals surface area contributed by atoms with E-state index in [-0.39, 0.29) is 18.2 Å². The van der Waals surface area contributed by atoms with Gasteiger partial charge in [-0.25, -0.2) is 4.79 Å². The molecule has 7 heteroatoms. The summed E-state index contributed by atoms with van der Waals surface area (Å²) >= 11 is 0. The molecule has 3 aromatic carbocycles. The maximum absolute atomic E-state index is 12.4. The molecule has 4 N–H and O–H groups in total. The van der Waals surface area contributed by atoms with Crippen LogP contribution < -0.4 is 15.8 Å². The van der Waals surface area contributed by atoms with Gasteiger partial charge in [0.1, 0.15) is 11.5 Å². The Labute approximate surface area is 224 Å². The topological polar surface area (TPSA) is 97.0 Å². The van der Waals surface area contributed by atoms with E-state index in [2.05, 4.69) is 10.2 Å². The Morgan fingerprint density at radius 2 is 1.92 bits per heavy atom. The second-order valence-electron chi connectivity index (χ2n) is 10.8. The molecule has 0 radical (unpaired) electrons. The molecule has 7 nitrogen and oxygen atoms in total. The molecule has 2 aliphatic rings. The highest BCUT2D eigenvalue weighted by molar-refractivity contribution is 5.84. The first kappa shape index (κ1) is 26.5. The van der Waals surface area contributed by atoms with Crippen LogP contribution in [0.3, 0.4) is 0 Å². The summed E-state index contributed by atoms with van der Waals surface area (Å²) in [7, 11) is 0. The number of ether oxygens (including phenoxy) is 2. The average molecular weight is 518 g/mol. The highest BCUT2D eigenvalue weighted by Gasteiger charge is 2.35. The molecule has 0 aromatic heterocycles. The number of fused-ring (bicyclic) bond motifs is 2. The lowest BCUT2D eigenvalue weighted by Gasteiger charge is -2.40. The highest BCUT2D eigenvalue weighted by Crippen LogP contribution is 2.40. The minimum absolute atomic E-state index is 0.00962. The Kier molecular flexibility index (Phi) is 8.17. The fourth-order valence-electron chi connectivity index (χ4n) is 5.84. The van der Waals surface area contributed by atoms with Crippen molar-refractivity contribution in [1.29, 1.82) is 0 Å². The van der Waals surface area contributed by atoms with Crippen LogP contribution in [0.25, 0.3) is 10.8 Å². The monoisotopic (exact) mass is 517 g/mol. The number of aromatic hydroxyl groups is 1. The Morgan fingerprint density at radius 3 is 2.68 bits per heavy atom. The molecule has 0 saturated carbocycles. The fourth-order valence-corrected chi connectivity index (χ4v) is 5.84. The van der Waals surface area contributed by atoms with Crippen molar-refractivity contribution in [3.63, 3.8) is 0 Å². The van der Waals surface area contributed by atoms with Crippen LogP contribution in [0.5, 0.6) is 11.5 Å². The molecule has 1 saturated heterocycles. The number of rotatable bonds is 7.